The summed E-state index contributed by atoms with van der Waals surface area (Å²) in [5, 5.41) is 2.81. The van der Waals surface area contributed by atoms with E-state index in [0.717, 1.165) is 22.8 Å². The predicted molar refractivity (Wildman–Crippen MR) is 87.5 cm³/mol. The highest BCUT2D eigenvalue weighted by Gasteiger charge is 2.09. The van der Waals surface area contributed by atoms with Crippen LogP contribution in [0.4, 0.5) is 5.69 Å². The number of anilines is 1. The molecule has 0 bridgehead atoms. The molecule has 3 rings (SSSR count). The first-order chi connectivity index (χ1) is 10.6. The number of amides is 1. The fourth-order valence-electron chi connectivity index (χ4n) is 2.05. The smallest absolute Gasteiger partial charge is 0.262 e. The van der Waals surface area contributed by atoms with Crippen molar-refractivity contribution in [2.75, 3.05) is 11.9 Å². The number of ether oxygens (including phenoxy) is 1. The molecule has 1 amide bonds. The molecule has 0 aliphatic carbocycles. The highest BCUT2D eigenvalue weighted by molar-refractivity contribution is 7.00. The zero-order chi connectivity index (χ0) is 15.5. The van der Waals surface area contributed by atoms with Gasteiger partial charge in [-0.2, -0.15) is 8.75 Å². The van der Waals surface area contributed by atoms with E-state index in [4.69, 9.17) is 4.74 Å². The van der Waals surface area contributed by atoms with Crippen LogP contribution in [0.3, 0.4) is 0 Å². The molecule has 0 saturated carbocycles. The van der Waals surface area contributed by atoms with Crippen molar-refractivity contribution in [2.45, 2.75) is 13.8 Å². The summed E-state index contributed by atoms with van der Waals surface area (Å²) in [5.74, 6) is 0.463. The van der Waals surface area contributed by atoms with E-state index in [-0.39, 0.29) is 12.5 Å². The Morgan fingerprint density at radius 1 is 1.18 bits per heavy atom. The van der Waals surface area contributed by atoms with Crippen molar-refractivity contribution >= 4 is 34.4 Å². The molecule has 1 aromatic heterocycles. The van der Waals surface area contributed by atoms with E-state index in [1.54, 1.807) is 6.07 Å². The average Bonchev–Trinajstić information content (AvgIpc) is 2.98. The number of benzene rings is 2. The molecule has 0 spiro atoms. The van der Waals surface area contributed by atoms with E-state index >= 15 is 0 Å². The Balaban J connectivity index is 1.65. The van der Waals surface area contributed by atoms with Crippen LogP contribution in [0.15, 0.2) is 36.4 Å². The van der Waals surface area contributed by atoms with Crippen molar-refractivity contribution < 1.29 is 9.53 Å². The van der Waals surface area contributed by atoms with Crippen molar-refractivity contribution in [3.8, 4) is 5.75 Å². The van der Waals surface area contributed by atoms with Crippen LogP contribution in [0.25, 0.3) is 11.0 Å². The third-order valence-corrected chi connectivity index (χ3v) is 3.95. The summed E-state index contributed by atoms with van der Waals surface area (Å²) in [5.41, 5.74) is 4.46. The molecule has 0 unspecified atom stereocenters. The van der Waals surface area contributed by atoms with Gasteiger partial charge in [-0.15, -0.1) is 0 Å². The van der Waals surface area contributed by atoms with E-state index in [1.807, 2.05) is 44.2 Å². The van der Waals surface area contributed by atoms with Crippen LogP contribution in [-0.2, 0) is 4.79 Å². The molecule has 2 aromatic carbocycles. The minimum Gasteiger partial charge on any atom is -0.484 e. The predicted octanol–water partition coefficient (Wildman–Crippen LogP) is 3.33. The van der Waals surface area contributed by atoms with Crippen molar-refractivity contribution in [3.63, 3.8) is 0 Å². The lowest BCUT2D eigenvalue weighted by molar-refractivity contribution is -0.118. The van der Waals surface area contributed by atoms with Gasteiger partial charge in [-0.05, 0) is 49.2 Å². The number of nitrogens with zero attached hydrogens (tertiary/aromatic N) is 2. The van der Waals surface area contributed by atoms with Gasteiger partial charge in [0.05, 0.1) is 17.4 Å². The number of carbonyl (C=O) groups is 1. The Bertz CT molecular complexity index is 829. The number of hydrogen-bond donors (Lipinski definition) is 1. The molecule has 0 aliphatic rings. The van der Waals surface area contributed by atoms with Crippen LogP contribution in [0.5, 0.6) is 5.75 Å². The van der Waals surface area contributed by atoms with Gasteiger partial charge in [0.25, 0.3) is 5.91 Å². The summed E-state index contributed by atoms with van der Waals surface area (Å²) in [6.45, 7) is 4.00. The molecule has 22 heavy (non-hydrogen) atoms. The van der Waals surface area contributed by atoms with Gasteiger partial charge in [0, 0.05) is 0 Å². The molecular formula is C16H15N3O2S. The summed E-state index contributed by atoms with van der Waals surface area (Å²) in [7, 11) is 0. The number of rotatable bonds is 4. The summed E-state index contributed by atoms with van der Waals surface area (Å²) >= 11 is 1.12. The molecule has 0 atom stereocenters. The Hall–Kier alpha value is -2.47. The van der Waals surface area contributed by atoms with E-state index < -0.39 is 0 Å². The third kappa shape index (κ3) is 3.07. The second kappa shape index (κ2) is 6.11. The van der Waals surface area contributed by atoms with Crippen LogP contribution >= 0.6 is 11.7 Å². The maximum atomic E-state index is 12.0. The molecule has 0 saturated heterocycles. The molecule has 1 N–H and O–H groups in total. The van der Waals surface area contributed by atoms with Gasteiger partial charge in [0.1, 0.15) is 16.8 Å². The highest BCUT2D eigenvalue weighted by Crippen LogP contribution is 2.21. The van der Waals surface area contributed by atoms with Gasteiger partial charge in [0.2, 0.25) is 0 Å². The van der Waals surface area contributed by atoms with E-state index in [0.29, 0.717) is 17.0 Å². The van der Waals surface area contributed by atoms with Gasteiger partial charge < -0.3 is 10.1 Å². The molecule has 0 radical (unpaired) electrons. The second-order valence-corrected chi connectivity index (χ2v) is 5.55. The van der Waals surface area contributed by atoms with Crippen LogP contribution in [0.2, 0.25) is 0 Å². The standard InChI is InChI=1S/C16H15N3O2S/c1-10-6-7-12(8-11(10)2)21-9-15(20)17-13-4-3-5-14-16(13)19-22-18-14/h3-8H,9H2,1-2H3,(H,17,20). The SMILES string of the molecule is Cc1ccc(OCC(=O)Nc2cccc3nsnc23)cc1C. The van der Waals surface area contributed by atoms with E-state index in [9.17, 15) is 4.79 Å². The van der Waals surface area contributed by atoms with Crippen molar-refractivity contribution in [1.29, 1.82) is 0 Å². The quantitative estimate of drug-likeness (QED) is 0.802. The summed E-state index contributed by atoms with van der Waals surface area (Å²) in [6, 6.07) is 11.3. The normalized spacial score (nSPS) is 10.6. The summed E-state index contributed by atoms with van der Waals surface area (Å²) < 4.78 is 13.9. The molecular weight excluding hydrogens is 298 g/mol. The lowest BCUT2D eigenvalue weighted by Gasteiger charge is -2.09. The van der Waals surface area contributed by atoms with Gasteiger partial charge in [-0.3, -0.25) is 4.79 Å². The average molecular weight is 313 g/mol. The Kier molecular flexibility index (Phi) is 4.02. The zero-order valence-electron chi connectivity index (χ0n) is 12.3. The van der Waals surface area contributed by atoms with E-state index in [1.165, 1.54) is 5.56 Å². The summed E-state index contributed by atoms with van der Waals surface area (Å²) in [6.07, 6.45) is 0. The molecule has 3 aromatic rings. The second-order valence-electron chi connectivity index (χ2n) is 5.02. The molecule has 112 valence electrons. The lowest BCUT2D eigenvalue weighted by atomic mass is 10.1. The number of nitrogens with one attached hydrogen (secondary N) is 1. The van der Waals surface area contributed by atoms with Gasteiger partial charge in [0.15, 0.2) is 6.61 Å². The molecule has 0 aliphatic heterocycles. The first kappa shape index (κ1) is 14.5. The molecule has 0 fully saturated rings. The maximum Gasteiger partial charge on any atom is 0.262 e. The third-order valence-electron chi connectivity index (χ3n) is 3.41. The number of fused-ring (bicyclic) bond motifs is 1. The molecule has 5 nitrogen and oxygen atoms in total. The Morgan fingerprint density at radius 3 is 2.86 bits per heavy atom. The fourth-order valence-corrected chi connectivity index (χ4v) is 2.60. The Labute approximate surface area is 132 Å². The van der Waals surface area contributed by atoms with E-state index in [2.05, 4.69) is 14.1 Å². The first-order valence-electron chi connectivity index (χ1n) is 6.84. The number of hydrogen-bond acceptors (Lipinski definition) is 5. The Morgan fingerprint density at radius 2 is 2.05 bits per heavy atom. The number of aryl methyl sites for hydroxylation is 2. The fraction of sp³-hybridized carbons (Fsp3) is 0.188. The lowest BCUT2D eigenvalue weighted by Crippen LogP contribution is -2.20. The maximum absolute atomic E-state index is 12.0. The minimum absolute atomic E-state index is 0.0452. The van der Waals surface area contributed by atoms with Crippen molar-refractivity contribution in [3.05, 3.63) is 47.5 Å². The van der Waals surface area contributed by atoms with Crippen LogP contribution in [-0.4, -0.2) is 21.3 Å². The zero-order valence-corrected chi connectivity index (χ0v) is 13.1. The van der Waals surface area contributed by atoms with Crippen LogP contribution in [0, 0.1) is 13.8 Å². The van der Waals surface area contributed by atoms with Gasteiger partial charge in [-0.1, -0.05) is 12.1 Å². The molecule has 1 heterocycles. The van der Waals surface area contributed by atoms with Crippen LogP contribution in [0.1, 0.15) is 11.1 Å². The van der Waals surface area contributed by atoms with Gasteiger partial charge in [-0.25, -0.2) is 0 Å². The van der Waals surface area contributed by atoms with Crippen molar-refractivity contribution in [2.24, 2.45) is 0 Å². The minimum atomic E-state index is -0.223. The first-order valence-corrected chi connectivity index (χ1v) is 7.58. The van der Waals surface area contributed by atoms with Crippen molar-refractivity contribution in [1.82, 2.24) is 8.75 Å². The number of carbonyl (C=O) groups excluding carboxylic acids is 1. The number of aromatic nitrogens is 2. The highest BCUT2D eigenvalue weighted by atomic mass is 32.1. The topological polar surface area (TPSA) is 64.1 Å². The largest absolute Gasteiger partial charge is 0.484 e. The molecule has 6 heteroatoms. The summed E-state index contributed by atoms with van der Waals surface area (Å²) in [4.78, 5) is 12.0. The van der Waals surface area contributed by atoms with Crippen LogP contribution < -0.4 is 10.1 Å². The van der Waals surface area contributed by atoms with Gasteiger partial charge >= 0.3 is 0 Å². The monoisotopic (exact) mass is 313 g/mol.